The van der Waals surface area contributed by atoms with Crippen LogP contribution < -0.4 is 4.74 Å². The molecule has 0 radical (unpaired) electrons. The lowest BCUT2D eigenvalue weighted by Crippen LogP contribution is -2.28. The second kappa shape index (κ2) is 8.75. The van der Waals surface area contributed by atoms with Gasteiger partial charge >= 0.3 is 0 Å². The molecule has 3 rings (SSSR count). The minimum Gasteiger partial charge on any atom is -0.494 e. The zero-order chi connectivity index (χ0) is 20.1. The molecule has 2 aromatic carbocycles. The Kier molecular flexibility index (Phi) is 6.36. The van der Waals surface area contributed by atoms with E-state index < -0.39 is 10.0 Å². The van der Waals surface area contributed by atoms with Crippen molar-refractivity contribution in [2.75, 3.05) is 26.7 Å². The molecule has 1 amide bonds. The number of ether oxygens (including phenoxy) is 1. The molecule has 1 aliphatic heterocycles. The van der Waals surface area contributed by atoms with E-state index >= 15 is 0 Å². The van der Waals surface area contributed by atoms with Crippen LogP contribution in [0.1, 0.15) is 35.7 Å². The highest BCUT2D eigenvalue weighted by Crippen LogP contribution is 2.21. The number of carbonyl (C=O) groups excluding carboxylic acids is 1. The van der Waals surface area contributed by atoms with Crippen LogP contribution in [0, 0.1) is 0 Å². The molecule has 0 saturated carbocycles. The summed E-state index contributed by atoms with van der Waals surface area (Å²) in [7, 11) is -1.73. The molecule has 0 N–H and O–H groups in total. The number of carbonyl (C=O) groups is 1. The van der Waals surface area contributed by atoms with Crippen molar-refractivity contribution in [3.8, 4) is 5.75 Å². The van der Waals surface area contributed by atoms with E-state index in [1.54, 1.807) is 24.1 Å². The normalized spacial score (nSPS) is 14.8. The third kappa shape index (κ3) is 4.54. The summed E-state index contributed by atoms with van der Waals surface area (Å²) in [5.41, 5.74) is 1.46. The van der Waals surface area contributed by atoms with E-state index in [2.05, 4.69) is 0 Å². The van der Waals surface area contributed by atoms with Crippen LogP contribution in [0.4, 0.5) is 0 Å². The Morgan fingerprint density at radius 1 is 1.04 bits per heavy atom. The lowest BCUT2D eigenvalue weighted by Gasteiger charge is -2.19. The van der Waals surface area contributed by atoms with Gasteiger partial charge in [0.15, 0.2) is 0 Å². The van der Waals surface area contributed by atoms with Gasteiger partial charge in [-0.05, 0) is 61.7 Å². The molecule has 1 saturated heterocycles. The summed E-state index contributed by atoms with van der Waals surface area (Å²) >= 11 is 0. The van der Waals surface area contributed by atoms with E-state index in [0.29, 0.717) is 31.8 Å². The lowest BCUT2D eigenvalue weighted by molar-refractivity contribution is 0.0785. The average Bonchev–Trinajstić information content (AvgIpc) is 3.25. The van der Waals surface area contributed by atoms with Gasteiger partial charge in [0.25, 0.3) is 5.91 Å². The second-order valence-electron chi connectivity index (χ2n) is 6.87. The maximum absolute atomic E-state index is 12.7. The van der Waals surface area contributed by atoms with Crippen molar-refractivity contribution < 1.29 is 17.9 Å². The first kappa shape index (κ1) is 20.4. The Labute approximate surface area is 166 Å². The molecule has 0 aliphatic carbocycles. The van der Waals surface area contributed by atoms with Crippen molar-refractivity contribution in [3.05, 3.63) is 59.7 Å². The van der Waals surface area contributed by atoms with Gasteiger partial charge in [-0.3, -0.25) is 4.79 Å². The third-order valence-electron chi connectivity index (χ3n) is 4.80. The van der Waals surface area contributed by atoms with Gasteiger partial charge < -0.3 is 9.64 Å². The van der Waals surface area contributed by atoms with E-state index in [1.807, 2.05) is 31.2 Å². The molecule has 0 spiro atoms. The number of benzene rings is 2. The summed E-state index contributed by atoms with van der Waals surface area (Å²) in [5, 5.41) is 0. The molecular formula is C21H26N2O4S. The minimum absolute atomic E-state index is 0.154. The predicted molar refractivity (Wildman–Crippen MR) is 108 cm³/mol. The first-order valence-corrected chi connectivity index (χ1v) is 10.9. The summed E-state index contributed by atoms with van der Waals surface area (Å²) in [5.74, 6) is 0.647. The van der Waals surface area contributed by atoms with E-state index in [-0.39, 0.29) is 10.8 Å². The second-order valence-corrected chi connectivity index (χ2v) is 8.81. The molecule has 0 unspecified atom stereocenters. The largest absolute Gasteiger partial charge is 0.494 e. The summed E-state index contributed by atoms with van der Waals surface area (Å²) < 4.78 is 32.1. The van der Waals surface area contributed by atoms with Crippen LogP contribution in [-0.2, 0) is 16.6 Å². The van der Waals surface area contributed by atoms with Gasteiger partial charge in [0, 0.05) is 32.2 Å². The highest BCUT2D eigenvalue weighted by Gasteiger charge is 2.27. The molecule has 6 nitrogen and oxygen atoms in total. The van der Waals surface area contributed by atoms with Gasteiger partial charge in [0.05, 0.1) is 11.5 Å². The molecule has 0 atom stereocenters. The number of rotatable bonds is 7. The summed E-state index contributed by atoms with van der Waals surface area (Å²) in [6.45, 7) is 4.13. The summed E-state index contributed by atoms with van der Waals surface area (Å²) in [6, 6.07) is 13.8. The first-order chi connectivity index (χ1) is 13.4. The van der Waals surface area contributed by atoms with Gasteiger partial charge in [0.2, 0.25) is 10.0 Å². The Morgan fingerprint density at radius 2 is 1.64 bits per heavy atom. The smallest absolute Gasteiger partial charge is 0.253 e. The Morgan fingerprint density at radius 3 is 2.21 bits per heavy atom. The number of amides is 1. The maximum Gasteiger partial charge on any atom is 0.253 e. The average molecular weight is 403 g/mol. The van der Waals surface area contributed by atoms with Crippen LogP contribution >= 0.6 is 0 Å². The topological polar surface area (TPSA) is 66.9 Å². The standard InChI is InChI=1S/C21H26N2O4S/c1-3-27-19-10-6-17(7-11-19)16-22(2)21(24)18-8-12-20(13-9-18)28(25,26)23-14-4-5-15-23/h6-13H,3-5,14-16H2,1-2H3. The van der Waals surface area contributed by atoms with Crippen LogP contribution in [0.5, 0.6) is 5.75 Å². The van der Waals surface area contributed by atoms with Crippen molar-refractivity contribution in [2.45, 2.75) is 31.2 Å². The Bertz CT molecular complexity index is 902. The van der Waals surface area contributed by atoms with Crippen molar-refractivity contribution >= 4 is 15.9 Å². The first-order valence-electron chi connectivity index (χ1n) is 9.49. The number of hydrogen-bond donors (Lipinski definition) is 0. The molecule has 0 aromatic heterocycles. The molecule has 7 heteroatoms. The molecule has 2 aromatic rings. The molecule has 0 bridgehead atoms. The van der Waals surface area contributed by atoms with E-state index in [0.717, 1.165) is 24.2 Å². The van der Waals surface area contributed by atoms with Crippen molar-refractivity contribution in [2.24, 2.45) is 0 Å². The zero-order valence-electron chi connectivity index (χ0n) is 16.3. The predicted octanol–water partition coefficient (Wildman–Crippen LogP) is 3.14. The van der Waals surface area contributed by atoms with Crippen LogP contribution in [0.2, 0.25) is 0 Å². The molecular weight excluding hydrogens is 376 g/mol. The number of hydrogen-bond acceptors (Lipinski definition) is 4. The van der Waals surface area contributed by atoms with Crippen LogP contribution in [0.25, 0.3) is 0 Å². The monoisotopic (exact) mass is 402 g/mol. The van der Waals surface area contributed by atoms with E-state index in [1.165, 1.54) is 16.4 Å². The molecule has 1 aliphatic rings. The van der Waals surface area contributed by atoms with Gasteiger partial charge in [-0.25, -0.2) is 8.42 Å². The van der Waals surface area contributed by atoms with Crippen molar-refractivity contribution in [1.29, 1.82) is 0 Å². The van der Waals surface area contributed by atoms with Crippen LogP contribution in [-0.4, -0.2) is 50.3 Å². The molecule has 150 valence electrons. The van der Waals surface area contributed by atoms with E-state index in [4.69, 9.17) is 4.74 Å². The highest BCUT2D eigenvalue weighted by molar-refractivity contribution is 7.89. The minimum atomic E-state index is -3.46. The quantitative estimate of drug-likeness (QED) is 0.714. The summed E-state index contributed by atoms with van der Waals surface area (Å²) in [4.78, 5) is 14.5. The molecule has 28 heavy (non-hydrogen) atoms. The van der Waals surface area contributed by atoms with E-state index in [9.17, 15) is 13.2 Å². The SMILES string of the molecule is CCOc1ccc(CN(C)C(=O)c2ccc(S(=O)(=O)N3CCCC3)cc2)cc1. The number of sulfonamides is 1. The lowest BCUT2D eigenvalue weighted by atomic mass is 10.1. The Balaban J connectivity index is 1.66. The summed E-state index contributed by atoms with van der Waals surface area (Å²) in [6.07, 6.45) is 1.79. The molecule has 1 heterocycles. The zero-order valence-corrected chi connectivity index (χ0v) is 17.1. The Hall–Kier alpha value is -2.38. The van der Waals surface area contributed by atoms with Gasteiger partial charge in [0.1, 0.15) is 5.75 Å². The third-order valence-corrected chi connectivity index (χ3v) is 6.72. The van der Waals surface area contributed by atoms with Crippen LogP contribution in [0.15, 0.2) is 53.4 Å². The fourth-order valence-electron chi connectivity index (χ4n) is 3.27. The van der Waals surface area contributed by atoms with Crippen molar-refractivity contribution in [1.82, 2.24) is 9.21 Å². The van der Waals surface area contributed by atoms with Gasteiger partial charge in [-0.1, -0.05) is 12.1 Å². The van der Waals surface area contributed by atoms with Gasteiger partial charge in [-0.15, -0.1) is 0 Å². The van der Waals surface area contributed by atoms with Gasteiger partial charge in [-0.2, -0.15) is 4.31 Å². The fraction of sp³-hybridized carbons (Fsp3) is 0.381. The molecule has 1 fully saturated rings. The fourth-order valence-corrected chi connectivity index (χ4v) is 4.79. The number of nitrogens with zero attached hydrogens (tertiary/aromatic N) is 2. The maximum atomic E-state index is 12.7. The van der Waals surface area contributed by atoms with Crippen LogP contribution in [0.3, 0.4) is 0 Å². The highest BCUT2D eigenvalue weighted by atomic mass is 32.2. The van der Waals surface area contributed by atoms with Crippen molar-refractivity contribution in [3.63, 3.8) is 0 Å².